The van der Waals surface area contributed by atoms with Crippen LogP contribution < -0.4 is 0 Å². The van der Waals surface area contributed by atoms with Gasteiger partial charge in [0.1, 0.15) is 5.82 Å². The fourth-order valence-electron chi connectivity index (χ4n) is 2.56. The van der Waals surface area contributed by atoms with Crippen LogP contribution in [0.5, 0.6) is 0 Å². The van der Waals surface area contributed by atoms with E-state index in [9.17, 15) is 0 Å². The number of hydrogen-bond donors (Lipinski definition) is 0. The van der Waals surface area contributed by atoms with E-state index in [0.29, 0.717) is 12.3 Å². The van der Waals surface area contributed by atoms with Crippen molar-refractivity contribution in [3.63, 3.8) is 0 Å². The van der Waals surface area contributed by atoms with E-state index in [1.54, 1.807) is 6.20 Å². The second kappa shape index (κ2) is 7.34. The van der Waals surface area contributed by atoms with Crippen molar-refractivity contribution in [2.45, 2.75) is 40.0 Å². The van der Waals surface area contributed by atoms with Crippen molar-refractivity contribution in [3.8, 4) is 5.82 Å². The highest BCUT2D eigenvalue weighted by Crippen LogP contribution is 2.15. The maximum atomic E-state index is 4.78. The Kier molecular flexibility index (Phi) is 4.99. The molecule has 0 aliphatic carbocycles. The molecule has 5 heteroatoms. The summed E-state index contributed by atoms with van der Waals surface area (Å²) in [5.74, 6) is 3.17. The molecule has 24 heavy (non-hydrogen) atoms. The number of rotatable bonds is 6. The standard InChI is InChI=1S/C19H23N5/c1-4-14(2)11-17-22-19(12-16-8-6-10-20-13-16)24(23-17)18-9-5-7-15(3)21-18/h5-10,13-14H,4,11-12H2,1-3H3/t14-/m1/s1. The molecule has 3 aromatic rings. The summed E-state index contributed by atoms with van der Waals surface area (Å²) >= 11 is 0. The zero-order valence-electron chi connectivity index (χ0n) is 14.5. The van der Waals surface area contributed by atoms with Crippen LogP contribution in [0.4, 0.5) is 0 Å². The number of aromatic nitrogens is 5. The van der Waals surface area contributed by atoms with E-state index >= 15 is 0 Å². The minimum absolute atomic E-state index is 0.567. The normalized spacial score (nSPS) is 12.3. The van der Waals surface area contributed by atoms with E-state index < -0.39 is 0 Å². The van der Waals surface area contributed by atoms with Crippen LogP contribution >= 0.6 is 0 Å². The number of pyridine rings is 2. The molecule has 0 saturated carbocycles. The average molecular weight is 321 g/mol. The van der Waals surface area contributed by atoms with Crippen molar-refractivity contribution in [2.75, 3.05) is 0 Å². The summed E-state index contributed by atoms with van der Waals surface area (Å²) in [6.07, 6.45) is 6.35. The summed E-state index contributed by atoms with van der Waals surface area (Å²) < 4.78 is 1.87. The quantitative estimate of drug-likeness (QED) is 0.697. The first-order chi connectivity index (χ1) is 11.7. The first kappa shape index (κ1) is 16.3. The summed E-state index contributed by atoms with van der Waals surface area (Å²) in [7, 11) is 0. The third kappa shape index (κ3) is 3.85. The molecule has 1 atom stereocenters. The molecule has 0 spiro atoms. The van der Waals surface area contributed by atoms with E-state index in [2.05, 4.69) is 29.9 Å². The smallest absolute Gasteiger partial charge is 0.155 e. The van der Waals surface area contributed by atoms with Crippen LogP contribution in [-0.2, 0) is 12.8 Å². The van der Waals surface area contributed by atoms with Crippen molar-refractivity contribution < 1.29 is 0 Å². The van der Waals surface area contributed by atoms with Crippen LogP contribution in [0.3, 0.4) is 0 Å². The van der Waals surface area contributed by atoms with Crippen LogP contribution in [-0.4, -0.2) is 24.7 Å². The molecule has 0 fully saturated rings. The predicted octanol–water partition coefficient (Wildman–Crippen LogP) is 3.55. The maximum absolute atomic E-state index is 4.78. The molecule has 0 unspecified atom stereocenters. The van der Waals surface area contributed by atoms with Crippen LogP contribution in [0.15, 0.2) is 42.7 Å². The van der Waals surface area contributed by atoms with Gasteiger partial charge in [-0.05, 0) is 36.6 Å². The van der Waals surface area contributed by atoms with Crippen LogP contribution in [0.2, 0.25) is 0 Å². The van der Waals surface area contributed by atoms with Gasteiger partial charge >= 0.3 is 0 Å². The second-order valence-electron chi connectivity index (χ2n) is 6.25. The molecule has 0 aromatic carbocycles. The molecule has 3 rings (SSSR count). The van der Waals surface area contributed by atoms with Gasteiger partial charge in [0.25, 0.3) is 0 Å². The predicted molar refractivity (Wildman–Crippen MR) is 94.1 cm³/mol. The van der Waals surface area contributed by atoms with Crippen molar-refractivity contribution >= 4 is 0 Å². The largest absolute Gasteiger partial charge is 0.264 e. The second-order valence-corrected chi connectivity index (χ2v) is 6.25. The summed E-state index contributed by atoms with van der Waals surface area (Å²) in [4.78, 5) is 13.6. The Labute approximate surface area is 142 Å². The van der Waals surface area contributed by atoms with E-state index in [1.165, 1.54) is 0 Å². The molecular weight excluding hydrogens is 298 g/mol. The van der Waals surface area contributed by atoms with Crippen LogP contribution in [0, 0.1) is 12.8 Å². The molecular formula is C19H23N5. The summed E-state index contributed by atoms with van der Waals surface area (Å²) in [5, 5.41) is 4.73. The zero-order chi connectivity index (χ0) is 16.9. The Hall–Kier alpha value is -2.56. The van der Waals surface area contributed by atoms with Crippen molar-refractivity contribution in [1.29, 1.82) is 0 Å². The Morgan fingerprint density at radius 1 is 1.12 bits per heavy atom. The van der Waals surface area contributed by atoms with E-state index in [-0.39, 0.29) is 0 Å². The van der Waals surface area contributed by atoms with Crippen LogP contribution in [0.25, 0.3) is 5.82 Å². The SMILES string of the molecule is CC[C@@H](C)Cc1nc(Cc2cccnc2)n(-c2cccc(C)n2)n1. The van der Waals surface area contributed by atoms with Crippen molar-refractivity contribution in [1.82, 2.24) is 24.7 Å². The monoisotopic (exact) mass is 321 g/mol. The lowest BCUT2D eigenvalue weighted by Crippen LogP contribution is -2.07. The van der Waals surface area contributed by atoms with Gasteiger partial charge < -0.3 is 0 Å². The van der Waals surface area contributed by atoms with Gasteiger partial charge in [-0.1, -0.05) is 32.4 Å². The minimum Gasteiger partial charge on any atom is -0.264 e. The van der Waals surface area contributed by atoms with Crippen molar-refractivity contribution in [3.05, 3.63) is 65.6 Å². The third-order valence-corrected chi connectivity index (χ3v) is 4.12. The Morgan fingerprint density at radius 3 is 2.71 bits per heavy atom. The molecule has 0 N–H and O–H groups in total. The molecule has 0 amide bonds. The lowest BCUT2D eigenvalue weighted by atomic mass is 10.1. The Morgan fingerprint density at radius 2 is 2.00 bits per heavy atom. The van der Waals surface area contributed by atoms with Crippen molar-refractivity contribution in [2.24, 2.45) is 5.92 Å². The Bertz CT molecular complexity index is 795. The van der Waals surface area contributed by atoms with Gasteiger partial charge in [0.2, 0.25) is 0 Å². The summed E-state index contributed by atoms with van der Waals surface area (Å²) in [6, 6.07) is 9.97. The first-order valence-corrected chi connectivity index (χ1v) is 8.43. The number of aryl methyl sites for hydroxylation is 1. The number of hydrogen-bond acceptors (Lipinski definition) is 4. The molecule has 3 aromatic heterocycles. The molecule has 0 aliphatic heterocycles. The topological polar surface area (TPSA) is 56.5 Å². The summed E-state index contributed by atoms with van der Waals surface area (Å²) in [6.45, 7) is 6.41. The van der Waals surface area contributed by atoms with Gasteiger partial charge in [0.05, 0.1) is 0 Å². The lowest BCUT2D eigenvalue weighted by molar-refractivity contribution is 0.542. The van der Waals surface area contributed by atoms with Gasteiger partial charge in [-0.3, -0.25) is 4.98 Å². The highest BCUT2D eigenvalue weighted by molar-refractivity contribution is 5.26. The van der Waals surface area contributed by atoms with Gasteiger partial charge in [-0.15, -0.1) is 5.10 Å². The summed E-state index contributed by atoms with van der Waals surface area (Å²) in [5.41, 5.74) is 2.09. The lowest BCUT2D eigenvalue weighted by Gasteiger charge is -2.05. The van der Waals surface area contributed by atoms with Gasteiger partial charge in [0, 0.05) is 30.9 Å². The van der Waals surface area contributed by atoms with E-state index in [4.69, 9.17) is 10.1 Å². The third-order valence-electron chi connectivity index (χ3n) is 4.12. The first-order valence-electron chi connectivity index (χ1n) is 8.43. The van der Waals surface area contributed by atoms with Gasteiger partial charge in [-0.25, -0.2) is 9.97 Å². The van der Waals surface area contributed by atoms with Gasteiger partial charge in [0.15, 0.2) is 11.6 Å². The highest BCUT2D eigenvalue weighted by atomic mass is 15.4. The van der Waals surface area contributed by atoms with Crippen LogP contribution in [0.1, 0.15) is 43.2 Å². The molecule has 0 radical (unpaired) electrons. The molecule has 0 aliphatic rings. The maximum Gasteiger partial charge on any atom is 0.155 e. The fraction of sp³-hybridized carbons (Fsp3) is 0.368. The minimum atomic E-state index is 0.567. The number of nitrogens with zero attached hydrogens (tertiary/aromatic N) is 5. The van der Waals surface area contributed by atoms with E-state index in [1.807, 2.05) is 42.1 Å². The molecule has 0 bridgehead atoms. The van der Waals surface area contributed by atoms with E-state index in [0.717, 1.165) is 41.6 Å². The van der Waals surface area contributed by atoms with Gasteiger partial charge in [-0.2, -0.15) is 4.68 Å². The fourth-order valence-corrected chi connectivity index (χ4v) is 2.56. The average Bonchev–Trinajstić information content (AvgIpc) is 2.98. The molecule has 0 saturated heterocycles. The Balaban J connectivity index is 1.98. The molecule has 3 heterocycles. The highest BCUT2D eigenvalue weighted by Gasteiger charge is 2.15. The zero-order valence-corrected chi connectivity index (χ0v) is 14.5. The molecule has 124 valence electrons. The molecule has 5 nitrogen and oxygen atoms in total.